The van der Waals surface area contributed by atoms with Gasteiger partial charge in [-0.2, -0.15) is 4.89 Å². The number of hydrogen-bond donors (Lipinski definition) is 1. The Labute approximate surface area is 106 Å². The first kappa shape index (κ1) is 12.1. The Morgan fingerprint density at radius 3 is 2.67 bits per heavy atom. The lowest BCUT2D eigenvalue weighted by Gasteiger charge is -2.19. The van der Waals surface area contributed by atoms with Crippen molar-refractivity contribution in [2.75, 3.05) is 0 Å². The molecule has 4 heteroatoms. The highest BCUT2D eigenvalue weighted by Gasteiger charge is 2.55. The zero-order valence-corrected chi connectivity index (χ0v) is 10.6. The number of ether oxygens (including phenoxy) is 1. The standard InChI is InChI=1S/C14H18O4/c1-9(2)16-12-10-5-3-4-6-11(10)14(7-8-14)13(15)18-17-12/h3-6,9,12-13,15H,7-8H2,1-2H3. The van der Waals surface area contributed by atoms with Crippen molar-refractivity contribution >= 4 is 0 Å². The van der Waals surface area contributed by atoms with Crippen LogP contribution in [0.25, 0.3) is 0 Å². The maximum absolute atomic E-state index is 10.1. The molecule has 0 saturated heterocycles. The number of aliphatic hydroxyl groups is 1. The van der Waals surface area contributed by atoms with Crippen LogP contribution in [0.5, 0.6) is 0 Å². The fraction of sp³-hybridized carbons (Fsp3) is 0.571. The lowest BCUT2D eigenvalue weighted by molar-refractivity contribution is -0.437. The minimum Gasteiger partial charge on any atom is -0.365 e. The molecule has 1 N–H and O–H groups in total. The summed E-state index contributed by atoms with van der Waals surface area (Å²) in [5, 5.41) is 10.1. The van der Waals surface area contributed by atoms with Crippen LogP contribution in [0.1, 0.15) is 44.1 Å². The van der Waals surface area contributed by atoms with Crippen molar-refractivity contribution in [1.29, 1.82) is 0 Å². The van der Waals surface area contributed by atoms with Gasteiger partial charge in [0.2, 0.25) is 6.29 Å². The quantitative estimate of drug-likeness (QED) is 0.819. The van der Waals surface area contributed by atoms with E-state index < -0.39 is 12.6 Å². The van der Waals surface area contributed by atoms with E-state index in [1.165, 1.54) is 0 Å². The minimum atomic E-state index is -0.917. The molecule has 4 nitrogen and oxygen atoms in total. The molecule has 18 heavy (non-hydrogen) atoms. The highest BCUT2D eigenvalue weighted by molar-refractivity contribution is 5.40. The van der Waals surface area contributed by atoms with Crippen molar-refractivity contribution in [2.24, 2.45) is 0 Å². The highest BCUT2D eigenvalue weighted by Crippen LogP contribution is 2.55. The summed E-state index contributed by atoms with van der Waals surface area (Å²) in [6, 6.07) is 7.93. The number of rotatable bonds is 2. The molecule has 0 radical (unpaired) electrons. The predicted octanol–water partition coefficient (Wildman–Crippen LogP) is 2.42. The summed E-state index contributed by atoms with van der Waals surface area (Å²) < 4.78 is 5.71. The van der Waals surface area contributed by atoms with Crippen LogP contribution in [-0.4, -0.2) is 17.5 Å². The van der Waals surface area contributed by atoms with Crippen LogP contribution in [0.4, 0.5) is 0 Å². The van der Waals surface area contributed by atoms with Crippen LogP contribution in [0.2, 0.25) is 0 Å². The average molecular weight is 250 g/mol. The largest absolute Gasteiger partial charge is 0.365 e. The number of hydrogen-bond acceptors (Lipinski definition) is 4. The molecular formula is C14H18O4. The van der Waals surface area contributed by atoms with Gasteiger partial charge in [-0.1, -0.05) is 24.3 Å². The number of fused-ring (bicyclic) bond motifs is 2. The van der Waals surface area contributed by atoms with Crippen LogP contribution in [0, 0.1) is 0 Å². The van der Waals surface area contributed by atoms with E-state index in [0.717, 1.165) is 24.0 Å². The van der Waals surface area contributed by atoms with E-state index in [1.807, 2.05) is 38.1 Å². The van der Waals surface area contributed by atoms with Crippen LogP contribution in [0.3, 0.4) is 0 Å². The minimum absolute atomic E-state index is 0.0250. The molecular weight excluding hydrogens is 232 g/mol. The summed E-state index contributed by atoms with van der Waals surface area (Å²) in [7, 11) is 0. The lowest BCUT2D eigenvalue weighted by Crippen LogP contribution is -2.27. The van der Waals surface area contributed by atoms with Crippen LogP contribution in [0.15, 0.2) is 24.3 Å². The molecule has 1 aromatic rings. The topological polar surface area (TPSA) is 47.9 Å². The molecule has 3 rings (SSSR count). The van der Waals surface area contributed by atoms with Gasteiger partial charge in [0, 0.05) is 11.0 Å². The third kappa shape index (κ3) is 1.86. The molecule has 2 unspecified atom stereocenters. The second-order valence-corrected chi connectivity index (χ2v) is 5.30. The van der Waals surface area contributed by atoms with Crippen molar-refractivity contribution in [3.05, 3.63) is 35.4 Å². The van der Waals surface area contributed by atoms with Gasteiger partial charge >= 0.3 is 0 Å². The second-order valence-electron chi connectivity index (χ2n) is 5.30. The zero-order valence-electron chi connectivity index (χ0n) is 10.6. The van der Waals surface area contributed by atoms with Gasteiger partial charge in [-0.15, -0.1) is 0 Å². The van der Waals surface area contributed by atoms with E-state index >= 15 is 0 Å². The smallest absolute Gasteiger partial charge is 0.218 e. The third-order valence-corrected chi connectivity index (χ3v) is 3.64. The first-order valence-corrected chi connectivity index (χ1v) is 6.38. The van der Waals surface area contributed by atoms with Gasteiger partial charge in [0.25, 0.3) is 0 Å². The van der Waals surface area contributed by atoms with Gasteiger partial charge in [0.1, 0.15) is 0 Å². The Bertz CT molecular complexity index is 439. The molecule has 2 aliphatic rings. The molecule has 1 aliphatic heterocycles. The lowest BCUT2D eigenvalue weighted by atomic mass is 9.90. The van der Waals surface area contributed by atoms with Crippen LogP contribution in [-0.2, 0) is 19.9 Å². The third-order valence-electron chi connectivity index (χ3n) is 3.64. The van der Waals surface area contributed by atoms with Crippen molar-refractivity contribution in [1.82, 2.24) is 0 Å². The molecule has 1 saturated carbocycles. The van der Waals surface area contributed by atoms with Gasteiger partial charge in [0.05, 0.1) is 6.10 Å². The fourth-order valence-electron chi connectivity index (χ4n) is 2.53. The summed E-state index contributed by atoms with van der Waals surface area (Å²) >= 11 is 0. The molecule has 1 heterocycles. The van der Waals surface area contributed by atoms with Gasteiger partial charge in [-0.25, -0.2) is 4.89 Å². The van der Waals surface area contributed by atoms with E-state index in [2.05, 4.69) is 0 Å². The second kappa shape index (κ2) is 4.31. The molecule has 2 atom stereocenters. The van der Waals surface area contributed by atoms with Crippen LogP contribution >= 0.6 is 0 Å². The molecule has 1 fully saturated rings. The first-order valence-electron chi connectivity index (χ1n) is 6.38. The Morgan fingerprint density at radius 2 is 2.00 bits per heavy atom. The average Bonchev–Trinajstić information content (AvgIpc) is 3.15. The van der Waals surface area contributed by atoms with Crippen molar-refractivity contribution in [3.8, 4) is 0 Å². The number of benzene rings is 1. The summed E-state index contributed by atoms with van der Waals surface area (Å²) in [5.74, 6) is 0. The molecule has 98 valence electrons. The van der Waals surface area contributed by atoms with E-state index in [0.29, 0.717) is 0 Å². The van der Waals surface area contributed by atoms with E-state index in [9.17, 15) is 5.11 Å². The predicted molar refractivity (Wildman–Crippen MR) is 64.5 cm³/mol. The molecule has 1 spiro atoms. The highest BCUT2D eigenvalue weighted by atomic mass is 17.2. The summed E-state index contributed by atoms with van der Waals surface area (Å²) in [5.41, 5.74) is 1.74. The van der Waals surface area contributed by atoms with Crippen molar-refractivity contribution < 1.29 is 19.6 Å². The number of aliphatic hydroxyl groups excluding tert-OH is 1. The van der Waals surface area contributed by atoms with Gasteiger partial charge in [-0.05, 0) is 32.3 Å². The first-order chi connectivity index (χ1) is 8.63. The maximum atomic E-state index is 10.1. The normalized spacial score (nSPS) is 29.1. The molecule has 1 aromatic carbocycles. The van der Waals surface area contributed by atoms with Crippen molar-refractivity contribution in [2.45, 2.75) is 50.8 Å². The van der Waals surface area contributed by atoms with Gasteiger partial charge in [0.15, 0.2) is 6.29 Å². The van der Waals surface area contributed by atoms with Gasteiger partial charge < -0.3 is 9.84 Å². The van der Waals surface area contributed by atoms with Crippen molar-refractivity contribution in [3.63, 3.8) is 0 Å². The summed E-state index contributed by atoms with van der Waals surface area (Å²) in [4.78, 5) is 10.4. The van der Waals surface area contributed by atoms with Gasteiger partial charge in [-0.3, -0.25) is 0 Å². The van der Waals surface area contributed by atoms with E-state index in [4.69, 9.17) is 14.5 Å². The monoisotopic (exact) mass is 250 g/mol. The maximum Gasteiger partial charge on any atom is 0.218 e. The Hall–Kier alpha value is -0.940. The Morgan fingerprint density at radius 1 is 1.28 bits per heavy atom. The Kier molecular flexibility index (Phi) is 2.90. The SMILES string of the molecule is CC(C)OC1OOC(O)C2(CC2)c2ccccc21. The summed E-state index contributed by atoms with van der Waals surface area (Å²) in [6.45, 7) is 3.89. The van der Waals surface area contributed by atoms with Crippen LogP contribution < -0.4 is 0 Å². The summed E-state index contributed by atoms with van der Waals surface area (Å²) in [6.07, 6.45) is 0.374. The fourth-order valence-corrected chi connectivity index (χ4v) is 2.53. The zero-order chi connectivity index (χ0) is 12.8. The molecule has 0 bridgehead atoms. The molecule has 0 aromatic heterocycles. The van der Waals surface area contributed by atoms with E-state index in [-0.39, 0.29) is 11.5 Å². The Balaban J connectivity index is 2.02. The molecule has 0 amide bonds. The molecule has 1 aliphatic carbocycles. The van der Waals surface area contributed by atoms with E-state index in [1.54, 1.807) is 0 Å².